The quantitative estimate of drug-likeness (QED) is 0.151. The van der Waals surface area contributed by atoms with Crippen molar-refractivity contribution in [3.8, 4) is 22.3 Å². The molecular weight excluding hydrogens is 637 g/mol. The van der Waals surface area contributed by atoms with Gasteiger partial charge in [0.05, 0.1) is 0 Å². The Bertz CT molecular complexity index is 3190. The fourth-order valence-electron chi connectivity index (χ4n) is 10.2. The zero-order chi connectivity index (χ0) is 36.3. The molecule has 53 heavy (non-hydrogen) atoms. The summed E-state index contributed by atoms with van der Waals surface area (Å²) in [5.41, 5.74) is 11.1. The monoisotopic (exact) mass is 680 g/mol. The fourth-order valence-corrected chi connectivity index (χ4v) is 10.2. The van der Waals surface area contributed by atoms with Crippen molar-refractivity contribution >= 4 is 75.4 Å². The predicted octanol–water partition coefficient (Wildman–Crippen LogP) is 15.2. The fraction of sp³-hybridized carbons (Fsp3) is 0.208. The van der Waals surface area contributed by atoms with Crippen LogP contribution in [-0.2, 0) is 16.2 Å². The molecule has 0 bridgehead atoms. The lowest BCUT2D eigenvalue weighted by Crippen LogP contribution is -2.19. The Hall–Kier alpha value is -5.46. The van der Waals surface area contributed by atoms with E-state index in [2.05, 4.69) is 177 Å². The van der Waals surface area contributed by atoms with Crippen molar-refractivity contribution in [2.45, 2.75) is 71.6 Å². The van der Waals surface area contributed by atoms with Crippen molar-refractivity contribution in [2.75, 3.05) is 0 Å². The molecule has 1 aliphatic rings. The van der Waals surface area contributed by atoms with Gasteiger partial charge >= 0.3 is 0 Å². The van der Waals surface area contributed by atoms with E-state index in [4.69, 9.17) is 0 Å². The molecule has 0 aromatic heterocycles. The van der Waals surface area contributed by atoms with Crippen molar-refractivity contribution in [2.24, 2.45) is 0 Å². The smallest absolute Gasteiger partial charge is 0.0159 e. The van der Waals surface area contributed by atoms with Gasteiger partial charge in [-0.3, -0.25) is 0 Å². The van der Waals surface area contributed by atoms with Crippen LogP contribution in [-0.4, -0.2) is 0 Å². The van der Waals surface area contributed by atoms with Crippen molar-refractivity contribution in [1.82, 2.24) is 0 Å². The molecule has 0 atom stereocenters. The maximum Gasteiger partial charge on any atom is 0.0159 e. The highest BCUT2D eigenvalue weighted by Crippen LogP contribution is 2.57. The Kier molecular flexibility index (Phi) is 5.83. The molecule has 0 saturated carbocycles. The Balaban J connectivity index is 1.37. The van der Waals surface area contributed by atoms with Crippen LogP contribution in [0.2, 0.25) is 0 Å². The van der Waals surface area contributed by atoms with Gasteiger partial charge in [-0.2, -0.15) is 0 Å². The third-order valence-corrected chi connectivity index (χ3v) is 13.0. The van der Waals surface area contributed by atoms with Gasteiger partial charge in [0, 0.05) is 5.41 Å². The van der Waals surface area contributed by atoms with E-state index >= 15 is 0 Å². The molecule has 10 aromatic rings. The third kappa shape index (κ3) is 3.97. The van der Waals surface area contributed by atoms with E-state index in [0.717, 1.165) is 0 Å². The number of benzene rings is 8. The second-order valence-electron chi connectivity index (χ2n) is 18.5. The zero-order valence-electron chi connectivity index (χ0n) is 32.0. The third-order valence-electron chi connectivity index (χ3n) is 13.0. The minimum atomic E-state index is -0.128. The molecule has 0 saturated heterocycles. The van der Waals surface area contributed by atoms with Crippen LogP contribution in [0.3, 0.4) is 0 Å². The average molecular weight is 681 g/mol. The molecule has 0 aliphatic heterocycles. The highest BCUT2D eigenvalue weighted by atomic mass is 14.4. The van der Waals surface area contributed by atoms with Crippen molar-refractivity contribution < 1.29 is 0 Å². The first-order valence-corrected chi connectivity index (χ1v) is 19.4. The Morgan fingerprint density at radius 2 is 0.830 bits per heavy atom. The highest BCUT2D eigenvalue weighted by Gasteiger charge is 2.39. The summed E-state index contributed by atoms with van der Waals surface area (Å²) in [6, 6.07) is 47.4. The highest BCUT2D eigenvalue weighted by molar-refractivity contribution is 6.42. The normalized spacial score (nSPS) is 14.6. The SMILES string of the molecule is CC(C)(C)c1ccc2c(c1)C(C)(C)c1cc(C(C)(C)C)cc(-c3ccc4c5ccccc5c5cc6c(cc7c8ccccc8c8cccc6c87)c3c45)c1-2. The van der Waals surface area contributed by atoms with Gasteiger partial charge in [0.15, 0.2) is 0 Å². The van der Waals surface area contributed by atoms with Gasteiger partial charge in [0.1, 0.15) is 0 Å². The average Bonchev–Trinajstić information content (AvgIpc) is 3.72. The maximum atomic E-state index is 2.55. The summed E-state index contributed by atoms with van der Waals surface area (Å²) < 4.78 is 0. The summed E-state index contributed by atoms with van der Waals surface area (Å²) in [6.07, 6.45) is 0. The maximum absolute atomic E-state index is 2.55. The van der Waals surface area contributed by atoms with Crippen molar-refractivity contribution in [3.63, 3.8) is 0 Å². The van der Waals surface area contributed by atoms with Crippen LogP contribution < -0.4 is 0 Å². The lowest BCUT2D eigenvalue weighted by molar-refractivity contribution is 0.580. The largest absolute Gasteiger partial charge is 0.0616 e. The number of rotatable bonds is 1. The van der Waals surface area contributed by atoms with Gasteiger partial charge < -0.3 is 0 Å². The van der Waals surface area contributed by atoms with Gasteiger partial charge in [0.2, 0.25) is 0 Å². The van der Waals surface area contributed by atoms with Crippen LogP contribution in [0.15, 0.2) is 121 Å². The molecule has 0 heterocycles. The molecular formula is C53H44. The molecule has 0 unspecified atom stereocenters. The summed E-state index contributed by atoms with van der Waals surface area (Å²) in [5.74, 6) is 0. The van der Waals surface area contributed by atoms with Gasteiger partial charge in [-0.15, -0.1) is 0 Å². The summed E-state index contributed by atoms with van der Waals surface area (Å²) in [6.45, 7) is 19.0. The van der Waals surface area contributed by atoms with Crippen molar-refractivity contribution in [3.05, 3.63) is 144 Å². The van der Waals surface area contributed by atoms with E-state index in [1.807, 2.05) is 0 Å². The summed E-state index contributed by atoms with van der Waals surface area (Å²) in [4.78, 5) is 0. The van der Waals surface area contributed by atoms with E-state index in [9.17, 15) is 0 Å². The molecule has 0 fully saturated rings. The molecule has 11 rings (SSSR count). The summed E-state index contributed by atoms with van der Waals surface area (Å²) in [5, 5.41) is 19.0. The Morgan fingerprint density at radius 3 is 1.47 bits per heavy atom. The van der Waals surface area contributed by atoms with Crippen LogP contribution in [0.4, 0.5) is 0 Å². The lowest BCUT2D eigenvalue weighted by Gasteiger charge is -2.28. The van der Waals surface area contributed by atoms with E-state index in [-0.39, 0.29) is 16.2 Å². The van der Waals surface area contributed by atoms with Crippen LogP contribution in [0.5, 0.6) is 0 Å². The second kappa shape index (κ2) is 9.94. The molecule has 256 valence electrons. The minimum Gasteiger partial charge on any atom is -0.0616 e. The number of fused-ring (bicyclic) bond motifs is 12. The Morgan fingerprint density at radius 1 is 0.340 bits per heavy atom. The van der Waals surface area contributed by atoms with Gasteiger partial charge in [-0.25, -0.2) is 0 Å². The van der Waals surface area contributed by atoms with Gasteiger partial charge in [0.25, 0.3) is 0 Å². The molecule has 0 N–H and O–H groups in total. The topological polar surface area (TPSA) is 0 Å². The zero-order valence-corrected chi connectivity index (χ0v) is 32.0. The predicted molar refractivity (Wildman–Crippen MR) is 232 cm³/mol. The molecule has 1 aliphatic carbocycles. The summed E-state index contributed by atoms with van der Waals surface area (Å²) in [7, 11) is 0. The minimum absolute atomic E-state index is 0.0133. The van der Waals surface area contributed by atoms with Gasteiger partial charge in [-0.1, -0.05) is 159 Å². The van der Waals surface area contributed by atoms with E-state index < -0.39 is 0 Å². The van der Waals surface area contributed by atoms with Crippen LogP contribution in [0, 0.1) is 0 Å². The standard InChI is InChI=1S/C53H44/c1-51(2,3)29-20-21-39-45(25-29)53(7,8)46-26-30(52(4,5)6)24-41(48(39)46)38-23-22-37-32-15-10-12-17-34(32)43-27-40-36-19-13-18-35-31-14-9-11-16-33(31)42(47(35)36)28-44(40)50(38)49(37)43/h9-28H,1-8H3. The first-order chi connectivity index (χ1) is 25.3. The molecule has 0 nitrogen and oxygen atoms in total. The second-order valence-corrected chi connectivity index (χ2v) is 18.5. The molecule has 0 amide bonds. The van der Waals surface area contributed by atoms with Crippen LogP contribution >= 0.6 is 0 Å². The van der Waals surface area contributed by atoms with E-state index in [1.54, 1.807) is 0 Å². The Labute approximate surface area is 311 Å². The molecule has 0 spiro atoms. The van der Waals surface area contributed by atoms with E-state index in [1.165, 1.54) is 120 Å². The first-order valence-electron chi connectivity index (χ1n) is 19.4. The van der Waals surface area contributed by atoms with Crippen LogP contribution in [0.25, 0.3) is 97.7 Å². The number of hydrogen-bond donors (Lipinski definition) is 0. The van der Waals surface area contributed by atoms with Crippen molar-refractivity contribution in [1.29, 1.82) is 0 Å². The molecule has 0 heteroatoms. The molecule has 0 radical (unpaired) electrons. The lowest BCUT2D eigenvalue weighted by atomic mass is 9.76. The van der Waals surface area contributed by atoms with Crippen LogP contribution in [0.1, 0.15) is 77.6 Å². The summed E-state index contributed by atoms with van der Waals surface area (Å²) >= 11 is 0. The van der Waals surface area contributed by atoms with E-state index in [0.29, 0.717) is 0 Å². The molecule has 10 aromatic carbocycles. The number of hydrogen-bond acceptors (Lipinski definition) is 0. The first kappa shape index (κ1) is 31.1. The van der Waals surface area contributed by atoms with Gasteiger partial charge in [-0.05, 0) is 149 Å².